The van der Waals surface area contributed by atoms with Crippen molar-refractivity contribution in [3.8, 4) is 10.4 Å². The molecule has 0 spiro atoms. The number of hydrogen-bond acceptors (Lipinski definition) is 5. The summed E-state index contributed by atoms with van der Waals surface area (Å²) in [4.78, 5) is 14.7. The van der Waals surface area contributed by atoms with Crippen LogP contribution in [0.25, 0.3) is 10.4 Å². The molecule has 0 radical (unpaired) electrons. The van der Waals surface area contributed by atoms with Gasteiger partial charge >= 0.3 is 0 Å². The number of primary amides is 1. The van der Waals surface area contributed by atoms with E-state index in [9.17, 15) is 4.79 Å². The van der Waals surface area contributed by atoms with Crippen molar-refractivity contribution in [1.29, 1.82) is 0 Å². The Balaban J connectivity index is 1.33. The van der Waals surface area contributed by atoms with Crippen molar-refractivity contribution in [1.82, 2.24) is 19.9 Å². The van der Waals surface area contributed by atoms with E-state index in [1.807, 2.05) is 0 Å². The molecule has 3 aromatic rings. The second kappa shape index (κ2) is 6.18. The zero-order chi connectivity index (χ0) is 16.5. The lowest BCUT2D eigenvalue weighted by Crippen LogP contribution is -2.47. The van der Waals surface area contributed by atoms with Crippen molar-refractivity contribution >= 4 is 17.2 Å². The summed E-state index contributed by atoms with van der Waals surface area (Å²) in [6, 6.07) is 13.2. The first-order valence-electron chi connectivity index (χ1n) is 7.76. The molecule has 6 nitrogen and oxygen atoms in total. The lowest BCUT2D eigenvalue weighted by Gasteiger charge is -2.38. The van der Waals surface area contributed by atoms with E-state index in [1.165, 1.54) is 16.0 Å². The van der Waals surface area contributed by atoms with E-state index >= 15 is 0 Å². The van der Waals surface area contributed by atoms with Gasteiger partial charge in [0, 0.05) is 24.5 Å². The topological polar surface area (TPSA) is 77.0 Å². The van der Waals surface area contributed by atoms with Gasteiger partial charge in [-0.3, -0.25) is 9.69 Å². The van der Waals surface area contributed by atoms with Crippen molar-refractivity contribution < 1.29 is 4.79 Å². The zero-order valence-electron chi connectivity index (χ0n) is 13.0. The molecule has 24 heavy (non-hydrogen) atoms. The van der Waals surface area contributed by atoms with Gasteiger partial charge in [0.05, 0.1) is 12.2 Å². The van der Waals surface area contributed by atoms with Crippen LogP contribution in [0.15, 0.2) is 48.0 Å². The Morgan fingerprint density at radius 2 is 2.04 bits per heavy atom. The van der Waals surface area contributed by atoms with Crippen LogP contribution in [0, 0.1) is 0 Å². The predicted molar refractivity (Wildman–Crippen MR) is 92.6 cm³/mol. The average Bonchev–Trinajstić information content (AvgIpc) is 3.22. The quantitative estimate of drug-likeness (QED) is 0.773. The minimum Gasteiger partial charge on any atom is -0.364 e. The Morgan fingerprint density at radius 3 is 2.67 bits per heavy atom. The number of aromatic nitrogens is 3. The van der Waals surface area contributed by atoms with Crippen LogP contribution in [-0.2, 0) is 6.54 Å². The fourth-order valence-corrected chi connectivity index (χ4v) is 3.62. The highest BCUT2D eigenvalue weighted by Crippen LogP contribution is 2.26. The molecule has 0 aliphatic carbocycles. The number of nitrogens with zero attached hydrogens (tertiary/aromatic N) is 4. The van der Waals surface area contributed by atoms with Crippen molar-refractivity contribution in [2.75, 3.05) is 13.1 Å². The maximum Gasteiger partial charge on any atom is 0.270 e. The molecule has 1 aliphatic rings. The van der Waals surface area contributed by atoms with Crippen molar-refractivity contribution in [2.45, 2.75) is 12.6 Å². The van der Waals surface area contributed by atoms with E-state index in [4.69, 9.17) is 5.73 Å². The van der Waals surface area contributed by atoms with Gasteiger partial charge in [-0.2, -0.15) is 0 Å². The minimum atomic E-state index is -0.539. The van der Waals surface area contributed by atoms with E-state index < -0.39 is 5.91 Å². The molecule has 4 rings (SSSR count). The Morgan fingerprint density at radius 1 is 1.25 bits per heavy atom. The molecule has 3 heterocycles. The third-order valence-corrected chi connectivity index (χ3v) is 5.16. The highest BCUT2D eigenvalue weighted by atomic mass is 32.1. The van der Waals surface area contributed by atoms with Crippen LogP contribution in [0.2, 0.25) is 0 Å². The summed E-state index contributed by atoms with van der Waals surface area (Å²) in [6.07, 6.45) is 1.63. The second-order valence-corrected chi connectivity index (χ2v) is 6.92. The summed E-state index contributed by atoms with van der Waals surface area (Å²) in [6.45, 7) is 2.71. The molecule has 1 aromatic carbocycles. The maximum atomic E-state index is 11.1. The number of carbonyl (C=O) groups excluding carboxylic acids is 1. The number of amides is 1. The molecule has 2 N–H and O–H groups in total. The lowest BCUT2D eigenvalue weighted by atomic mass is 10.1. The smallest absolute Gasteiger partial charge is 0.270 e. The van der Waals surface area contributed by atoms with Crippen LogP contribution < -0.4 is 5.73 Å². The van der Waals surface area contributed by atoms with Crippen LogP contribution in [-0.4, -0.2) is 38.9 Å². The first-order chi connectivity index (χ1) is 11.7. The third kappa shape index (κ3) is 2.95. The molecule has 1 aliphatic heterocycles. The first kappa shape index (κ1) is 15.0. The molecule has 1 amide bonds. The molecule has 0 saturated carbocycles. The standard InChI is InChI=1S/C17H17N5OS/c18-17(23)15-11-22(20-19-15)14-9-21(10-14)8-12-3-5-13(6-4-12)16-2-1-7-24-16/h1-7,11,14H,8-10H2,(H2,18,23). The predicted octanol–water partition coefficient (Wildman–Crippen LogP) is 2.16. The first-order valence-corrected chi connectivity index (χ1v) is 8.64. The van der Waals surface area contributed by atoms with Gasteiger partial charge in [0.1, 0.15) is 0 Å². The number of rotatable bonds is 5. The van der Waals surface area contributed by atoms with Gasteiger partial charge in [0.2, 0.25) is 0 Å². The Labute approximate surface area is 143 Å². The van der Waals surface area contributed by atoms with Crippen LogP contribution >= 0.6 is 11.3 Å². The van der Waals surface area contributed by atoms with Gasteiger partial charge in [-0.25, -0.2) is 4.68 Å². The normalized spacial score (nSPS) is 15.3. The van der Waals surface area contributed by atoms with E-state index in [-0.39, 0.29) is 11.7 Å². The average molecular weight is 339 g/mol. The molecule has 0 unspecified atom stereocenters. The van der Waals surface area contributed by atoms with Crippen LogP contribution in [0.1, 0.15) is 22.1 Å². The molecule has 7 heteroatoms. The summed E-state index contributed by atoms with van der Waals surface area (Å²) in [5.41, 5.74) is 7.98. The van der Waals surface area contributed by atoms with E-state index in [2.05, 4.69) is 57.0 Å². The fourth-order valence-electron chi connectivity index (χ4n) is 2.88. The largest absolute Gasteiger partial charge is 0.364 e. The van der Waals surface area contributed by atoms with Gasteiger partial charge < -0.3 is 5.73 Å². The third-order valence-electron chi connectivity index (χ3n) is 4.24. The fraction of sp³-hybridized carbons (Fsp3) is 0.235. The molecular weight excluding hydrogens is 322 g/mol. The number of nitrogens with two attached hydrogens (primary N) is 1. The van der Waals surface area contributed by atoms with Crippen LogP contribution in [0.5, 0.6) is 0 Å². The monoisotopic (exact) mass is 339 g/mol. The van der Waals surface area contributed by atoms with Gasteiger partial charge in [-0.15, -0.1) is 16.4 Å². The van der Waals surface area contributed by atoms with Crippen LogP contribution in [0.4, 0.5) is 0 Å². The molecule has 1 fully saturated rings. The molecule has 0 atom stereocenters. The highest BCUT2D eigenvalue weighted by Gasteiger charge is 2.29. The SMILES string of the molecule is NC(=O)c1cn(C2CN(Cc3ccc(-c4cccs4)cc3)C2)nn1. The molecule has 0 bridgehead atoms. The lowest BCUT2D eigenvalue weighted by molar-refractivity contribution is 0.0895. The summed E-state index contributed by atoms with van der Waals surface area (Å²) in [5, 5.41) is 9.86. The van der Waals surface area contributed by atoms with E-state index in [0.29, 0.717) is 0 Å². The second-order valence-electron chi connectivity index (χ2n) is 5.97. The minimum absolute atomic E-state index is 0.220. The maximum absolute atomic E-state index is 11.1. The van der Waals surface area contributed by atoms with Gasteiger partial charge in [0.15, 0.2) is 5.69 Å². The Kier molecular flexibility index (Phi) is 3.87. The van der Waals surface area contributed by atoms with Crippen molar-refractivity contribution in [2.24, 2.45) is 5.73 Å². The Bertz CT molecular complexity index is 834. The van der Waals surface area contributed by atoms with E-state index in [0.717, 1.165) is 19.6 Å². The number of hydrogen-bond donors (Lipinski definition) is 1. The van der Waals surface area contributed by atoms with Gasteiger partial charge in [-0.1, -0.05) is 35.5 Å². The number of thiophene rings is 1. The molecule has 2 aromatic heterocycles. The summed E-state index contributed by atoms with van der Waals surface area (Å²) in [7, 11) is 0. The summed E-state index contributed by atoms with van der Waals surface area (Å²) in [5.74, 6) is -0.539. The van der Waals surface area contributed by atoms with Crippen LogP contribution in [0.3, 0.4) is 0 Å². The molecular formula is C17H17N5OS. The molecule has 1 saturated heterocycles. The number of benzene rings is 1. The van der Waals surface area contributed by atoms with Gasteiger partial charge in [0.25, 0.3) is 5.91 Å². The molecule has 122 valence electrons. The van der Waals surface area contributed by atoms with Crippen molar-refractivity contribution in [3.05, 3.63) is 59.2 Å². The van der Waals surface area contributed by atoms with Crippen molar-refractivity contribution in [3.63, 3.8) is 0 Å². The zero-order valence-corrected chi connectivity index (χ0v) is 13.8. The highest BCUT2D eigenvalue weighted by molar-refractivity contribution is 7.13. The summed E-state index contributed by atoms with van der Waals surface area (Å²) >= 11 is 1.75. The van der Waals surface area contributed by atoms with Gasteiger partial charge in [-0.05, 0) is 22.6 Å². The number of carbonyl (C=O) groups is 1. The Hall–Kier alpha value is -2.51. The van der Waals surface area contributed by atoms with E-state index in [1.54, 1.807) is 22.2 Å². The number of likely N-dealkylation sites (tertiary alicyclic amines) is 1. The summed E-state index contributed by atoms with van der Waals surface area (Å²) < 4.78 is 1.73.